The third-order valence-corrected chi connectivity index (χ3v) is 1.72. The smallest absolute Gasteiger partial charge is 0.0309 e. The molecular formula is C9H18N2. The van der Waals surface area contributed by atoms with Crippen molar-refractivity contribution in [3.63, 3.8) is 0 Å². The van der Waals surface area contributed by atoms with Crippen molar-refractivity contribution in [2.24, 2.45) is 5.84 Å². The average Bonchev–Trinajstić information content (AvgIpc) is 2.00. The van der Waals surface area contributed by atoms with Crippen LogP contribution in [0.25, 0.3) is 0 Å². The Morgan fingerprint density at radius 1 is 1.45 bits per heavy atom. The molecule has 0 aliphatic rings. The Bertz CT molecular complexity index is 121. The zero-order valence-corrected chi connectivity index (χ0v) is 7.29. The first-order valence-corrected chi connectivity index (χ1v) is 3.99. The Morgan fingerprint density at radius 2 is 2.09 bits per heavy atom. The summed E-state index contributed by atoms with van der Waals surface area (Å²) in [7, 11) is 0. The van der Waals surface area contributed by atoms with E-state index in [2.05, 4.69) is 20.1 Å². The summed E-state index contributed by atoms with van der Waals surface area (Å²) in [6, 6.07) is 0.408. The fourth-order valence-electron chi connectivity index (χ4n) is 1.03. The third-order valence-electron chi connectivity index (χ3n) is 1.72. The summed E-state index contributed by atoms with van der Waals surface area (Å²) in [4.78, 5) is 0. The molecule has 2 N–H and O–H groups in total. The van der Waals surface area contributed by atoms with Crippen LogP contribution >= 0.6 is 0 Å². The van der Waals surface area contributed by atoms with E-state index in [1.165, 1.54) is 0 Å². The molecule has 0 aromatic carbocycles. The summed E-state index contributed by atoms with van der Waals surface area (Å²) in [6.07, 6.45) is 5.71. The fourth-order valence-corrected chi connectivity index (χ4v) is 1.03. The van der Waals surface area contributed by atoms with Crippen LogP contribution in [0.15, 0.2) is 25.3 Å². The van der Waals surface area contributed by atoms with Gasteiger partial charge in [-0.2, -0.15) is 0 Å². The number of hydrogen-bond acceptors (Lipinski definition) is 2. The standard InChI is InChI=1S/C9H18N2/c1-4-7-9(6-3)11(10)8-5-2/h4-5,9H,1-2,6-8,10H2,3H3. The van der Waals surface area contributed by atoms with E-state index in [1.807, 2.05) is 12.2 Å². The Kier molecular flexibility index (Phi) is 5.80. The highest BCUT2D eigenvalue weighted by atomic mass is 15.4. The third kappa shape index (κ3) is 3.96. The van der Waals surface area contributed by atoms with Crippen LogP contribution in [0.4, 0.5) is 0 Å². The van der Waals surface area contributed by atoms with Crippen LogP contribution in [0.3, 0.4) is 0 Å². The molecule has 0 aromatic rings. The Labute approximate surface area is 69.3 Å². The average molecular weight is 154 g/mol. The first kappa shape index (κ1) is 10.4. The lowest BCUT2D eigenvalue weighted by atomic mass is 10.1. The minimum Gasteiger partial charge on any atom is -0.268 e. The van der Waals surface area contributed by atoms with E-state index < -0.39 is 0 Å². The second-order valence-corrected chi connectivity index (χ2v) is 2.57. The van der Waals surface area contributed by atoms with Crippen molar-refractivity contribution in [3.05, 3.63) is 25.3 Å². The molecule has 0 spiro atoms. The van der Waals surface area contributed by atoms with E-state index in [0.717, 1.165) is 19.4 Å². The second kappa shape index (κ2) is 6.13. The van der Waals surface area contributed by atoms with Gasteiger partial charge >= 0.3 is 0 Å². The van der Waals surface area contributed by atoms with Gasteiger partial charge in [0.15, 0.2) is 0 Å². The van der Waals surface area contributed by atoms with Crippen LogP contribution in [0.2, 0.25) is 0 Å². The molecule has 0 saturated heterocycles. The van der Waals surface area contributed by atoms with Gasteiger partial charge < -0.3 is 0 Å². The predicted octanol–water partition coefficient (Wildman–Crippen LogP) is 1.70. The van der Waals surface area contributed by atoms with Gasteiger partial charge in [-0.1, -0.05) is 19.1 Å². The number of hydrazine groups is 1. The molecule has 0 radical (unpaired) electrons. The summed E-state index contributed by atoms with van der Waals surface area (Å²) in [5.41, 5.74) is 0. The molecule has 0 rings (SSSR count). The monoisotopic (exact) mass is 154 g/mol. The maximum atomic E-state index is 5.74. The zero-order valence-electron chi connectivity index (χ0n) is 7.29. The first-order valence-electron chi connectivity index (χ1n) is 3.99. The highest BCUT2D eigenvalue weighted by Crippen LogP contribution is 2.04. The van der Waals surface area contributed by atoms with E-state index in [4.69, 9.17) is 5.84 Å². The van der Waals surface area contributed by atoms with Gasteiger partial charge in [0, 0.05) is 12.6 Å². The molecule has 1 unspecified atom stereocenters. The maximum Gasteiger partial charge on any atom is 0.0309 e. The molecule has 2 heteroatoms. The summed E-state index contributed by atoms with van der Waals surface area (Å²) in [5, 5.41) is 1.80. The van der Waals surface area contributed by atoms with Crippen LogP contribution in [0, 0.1) is 0 Å². The Balaban J connectivity index is 3.78. The number of nitrogens with two attached hydrogens (primary N) is 1. The van der Waals surface area contributed by atoms with Crippen molar-refractivity contribution in [2.75, 3.05) is 6.54 Å². The lowest BCUT2D eigenvalue weighted by Crippen LogP contribution is -2.40. The van der Waals surface area contributed by atoms with Crippen molar-refractivity contribution in [2.45, 2.75) is 25.8 Å². The van der Waals surface area contributed by atoms with Gasteiger partial charge in [-0.15, -0.1) is 13.2 Å². The maximum absolute atomic E-state index is 5.74. The van der Waals surface area contributed by atoms with E-state index in [1.54, 1.807) is 5.01 Å². The van der Waals surface area contributed by atoms with Gasteiger partial charge in [0.25, 0.3) is 0 Å². The van der Waals surface area contributed by atoms with Crippen LogP contribution in [0.5, 0.6) is 0 Å². The highest BCUT2D eigenvalue weighted by Gasteiger charge is 2.08. The molecule has 0 saturated carbocycles. The molecule has 0 bridgehead atoms. The van der Waals surface area contributed by atoms with Gasteiger partial charge in [0.2, 0.25) is 0 Å². The quantitative estimate of drug-likeness (QED) is 0.358. The van der Waals surface area contributed by atoms with Gasteiger partial charge in [-0.3, -0.25) is 5.84 Å². The zero-order chi connectivity index (χ0) is 8.69. The van der Waals surface area contributed by atoms with E-state index >= 15 is 0 Å². The molecule has 0 aromatic heterocycles. The summed E-state index contributed by atoms with van der Waals surface area (Å²) in [6.45, 7) is 10.2. The summed E-state index contributed by atoms with van der Waals surface area (Å²) >= 11 is 0. The van der Waals surface area contributed by atoms with Crippen molar-refractivity contribution < 1.29 is 0 Å². The molecular weight excluding hydrogens is 136 g/mol. The molecule has 0 fully saturated rings. The van der Waals surface area contributed by atoms with Gasteiger partial charge in [-0.25, -0.2) is 5.01 Å². The SMILES string of the molecule is C=CCC(CC)N(N)CC=C. The summed E-state index contributed by atoms with van der Waals surface area (Å²) < 4.78 is 0. The minimum atomic E-state index is 0.408. The van der Waals surface area contributed by atoms with Crippen LogP contribution in [-0.4, -0.2) is 17.6 Å². The fraction of sp³-hybridized carbons (Fsp3) is 0.556. The van der Waals surface area contributed by atoms with Crippen molar-refractivity contribution in [1.29, 1.82) is 0 Å². The largest absolute Gasteiger partial charge is 0.268 e. The predicted molar refractivity (Wildman–Crippen MR) is 50.0 cm³/mol. The minimum absolute atomic E-state index is 0.408. The summed E-state index contributed by atoms with van der Waals surface area (Å²) in [5.74, 6) is 5.74. The topological polar surface area (TPSA) is 29.3 Å². The Morgan fingerprint density at radius 3 is 2.45 bits per heavy atom. The van der Waals surface area contributed by atoms with Crippen LogP contribution in [-0.2, 0) is 0 Å². The molecule has 0 aliphatic heterocycles. The molecule has 0 heterocycles. The van der Waals surface area contributed by atoms with E-state index in [-0.39, 0.29) is 0 Å². The van der Waals surface area contributed by atoms with Gasteiger partial charge in [-0.05, 0) is 12.8 Å². The highest BCUT2D eigenvalue weighted by molar-refractivity contribution is 4.80. The lowest BCUT2D eigenvalue weighted by Gasteiger charge is -2.23. The Hall–Kier alpha value is -0.600. The molecule has 2 nitrogen and oxygen atoms in total. The van der Waals surface area contributed by atoms with Crippen LogP contribution < -0.4 is 5.84 Å². The lowest BCUT2D eigenvalue weighted by molar-refractivity contribution is 0.218. The first-order chi connectivity index (χ1) is 5.26. The van der Waals surface area contributed by atoms with Gasteiger partial charge in [0.1, 0.15) is 0 Å². The number of rotatable bonds is 6. The van der Waals surface area contributed by atoms with E-state index in [0.29, 0.717) is 6.04 Å². The molecule has 11 heavy (non-hydrogen) atoms. The second-order valence-electron chi connectivity index (χ2n) is 2.57. The molecule has 0 aliphatic carbocycles. The van der Waals surface area contributed by atoms with Gasteiger partial charge in [0.05, 0.1) is 0 Å². The molecule has 64 valence electrons. The molecule has 0 amide bonds. The van der Waals surface area contributed by atoms with E-state index in [9.17, 15) is 0 Å². The molecule has 1 atom stereocenters. The van der Waals surface area contributed by atoms with Crippen molar-refractivity contribution in [1.82, 2.24) is 5.01 Å². The number of hydrogen-bond donors (Lipinski definition) is 1. The van der Waals surface area contributed by atoms with Crippen molar-refractivity contribution in [3.8, 4) is 0 Å². The van der Waals surface area contributed by atoms with Crippen LogP contribution in [0.1, 0.15) is 19.8 Å². The normalized spacial score (nSPS) is 13.0. The van der Waals surface area contributed by atoms with Crippen molar-refractivity contribution >= 4 is 0 Å². The number of nitrogens with zero attached hydrogens (tertiary/aromatic N) is 1.